The molecule has 6 fully saturated rings. The molecule has 0 saturated carbocycles. The minimum absolute atomic E-state index is 0.0429. The van der Waals surface area contributed by atoms with Gasteiger partial charge in [0.1, 0.15) is 31.4 Å². The molecule has 1 amide bonds. The molecule has 3 spiro atoms. The first-order valence-electron chi connectivity index (χ1n) is 31.9. The van der Waals surface area contributed by atoms with Gasteiger partial charge in [-0.2, -0.15) is 15.3 Å². The lowest BCUT2D eigenvalue weighted by Crippen LogP contribution is -2.55. The van der Waals surface area contributed by atoms with E-state index in [1.807, 2.05) is 87.8 Å². The number of anilines is 2. The highest BCUT2D eigenvalue weighted by atomic mass is 79.9. The number of nitrogens with one attached hydrogen (secondary N) is 2. The molecule has 6 atom stereocenters. The lowest BCUT2D eigenvalue weighted by atomic mass is 9.73. The Kier molecular flexibility index (Phi) is 23.4. The van der Waals surface area contributed by atoms with Crippen LogP contribution in [0.3, 0.4) is 0 Å². The molecular formula is C65H83BBr2Cl5N15O7. The number of hydrogen-bond donors (Lipinski definition) is 6. The number of carbonyl (C=O) groups is 1. The zero-order valence-electron chi connectivity index (χ0n) is 54.7. The number of nitrogens with zero attached hydrogens (tertiary/aromatic N) is 11. The van der Waals surface area contributed by atoms with Gasteiger partial charge < -0.3 is 60.9 Å². The van der Waals surface area contributed by atoms with Gasteiger partial charge >= 0.3 is 13.2 Å². The van der Waals surface area contributed by atoms with E-state index in [2.05, 4.69) is 86.4 Å². The van der Waals surface area contributed by atoms with Crippen molar-refractivity contribution in [2.24, 2.45) is 27.7 Å². The second-order valence-corrected chi connectivity index (χ2v) is 29.9. The number of amides is 1. The van der Waals surface area contributed by atoms with Gasteiger partial charge in [0.25, 0.3) is 0 Å². The van der Waals surface area contributed by atoms with Gasteiger partial charge in [-0.25, -0.2) is 33.3 Å². The van der Waals surface area contributed by atoms with Crippen LogP contribution in [0.5, 0.6) is 0 Å². The fourth-order valence-corrected chi connectivity index (χ4v) is 15.5. The van der Waals surface area contributed by atoms with Crippen LogP contribution in [0.1, 0.15) is 97.1 Å². The molecular weight excluding hydrogens is 1450 g/mol. The molecule has 22 nitrogen and oxygen atoms in total. The van der Waals surface area contributed by atoms with E-state index in [9.17, 15) is 4.79 Å². The van der Waals surface area contributed by atoms with E-state index in [4.69, 9.17) is 108 Å². The van der Waals surface area contributed by atoms with Crippen LogP contribution >= 0.6 is 89.9 Å². The summed E-state index contributed by atoms with van der Waals surface area (Å²) >= 11 is 36.9. The first-order valence-corrected chi connectivity index (χ1v) is 35.4. The second kappa shape index (κ2) is 30.4. The minimum atomic E-state index is -1.57. The number of benzene rings is 2. The Hall–Kier alpha value is -4.68. The number of fused-ring (bicyclic) bond motifs is 3. The molecule has 512 valence electrons. The highest BCUT2D eigenvalue weighted by Gasteiger charge is 2.52. The van der Waals surface area contributed by atoms with E-state index < -0.39 is 12.7 Å². The Bertz CT molecular complexity index is 4000. The second-order valence-electron chi connectivity index (χ2n) is 26.5. The third-order valence-electron chi connectivity index (χ3n) is 19.2. The topological polar surface area (TPSA) is 268 Å². The summed E-state index contributed by atoms with van der Waals surface area (Å²) in [5.74, 6) is 1.90. The monoisotopic (exact) mass is 1530 g/mol. The van der Waals surface area contributed by atoms with Crippen LogP contribution in [-0.2, 0) is 18.9 Å². The molecule has 0 bridgehead atoms. The maximum atomic E-state index is 12.4. The number of carbonyl (C=O) groups excluding carboxylic acids is 1. The van der Waals surface area contributed by atoms with Crippen LogP contribution < -0.4 is 37.4 Å². The molecule has 6 saturated heterocycles. The normalized spacial score (nSPS) is 22.6. The van der Waals surface area contributed by atoms with Gasteiger partial charge in [-0.3, -0.25) is 0 Å². The summed E-state index contributed by atoms with van der Waals surface area (Å²) in [6.45, 7) is 25.6. The van der Waals surface area contributed by atoms with Crippen LogP contribution in [0, 0.1) is 37.0 Å². The van der Waals surface area contributed by atoms with Crippen molar-refractivity contribution in [1.82, 2.24) is 54.4 Å². The summed E-state index contributed by atoms with van der Waals surface area (Å²) in [6, 6.07) is 16.4. The number of nitrogens with two attached hydrogens (primary N) is 2. The maximum Gasteiger partial charge on any atom is 0.490 e. The summed E-state index contributed by atoms with van der Waals surface area (Å²) in [7, 11) is -1.57. The van der Waals surface area contributed by atoms with Crippen LogP contribution in [0.25, 0.3) is 27.8 Å². The smallest absolute Gasteiger partial charge is 0.444 e. The summed E-state index contributed by atoms with van der Waals surface area (Å²) in [5, 5.41) is 39.0. The molecule has 0 radical (unpaired) electrons. The molecule has 30 heteroatoms. The minimum Gasteiger partial charge on any atom is -0.444 e. The quantitative estimate of drug-likeness (QED) is 0.0874. The fraction of sp³-hybridized carbons (Fsp3) is 0.523. The molecule has 6 aliphatic heterocycles. The zero-order chi connectivity index (χ0) is 68.5. The SMILES string of the molecule is C[C@@H]1OCC2(CCNCC2)[C@@H]1N.Cc1nc(Cl)c2ccnn2c1Br.Cc1nc(N2CCC3(CC2)CO[C@@H](C)[C@H]3N)c2ccnn2c1-c1cccc(Cl)c1Cl.Cc1nc(N2CCC3(CC2)CO[C@@H](C)[C@H]3NC(=O)OC(C)(C)C)c2ccnn2c1Br.OB(O)c1cccc(Cl)c1Cl. The Morgan fingerprint density at radius 3 is 1.61 bits per heavy atom. The van der Waals surface area contributed by atoms with Crippen molar-refractivity contribution in [2.45, 2.75) is 143 Å². The number of rotatable bonds is 5. The largest absolute Gasteiger partial charge is 0.490 e. The lowest BCUT2D eigenvalue weighted by Gasteiger charge is -2.43. The van der Waals surface area contributed by atoms with E-state index in [1.165, 1.54) is 18.9 Å². The third kappa shape index (κ3) is 15.7. The van der Waals surface area contributed by atoms with E-state index >= 15 is 0 Å². The van der Waals surface area contributed by atoms with Crippen molar-refractivity contribution in [2.75, 3.05) is 68.9 Å². The van der Waals surface area contributed by atoms with Gasteiger partial charge in [0, 0.05) is 65.5 Å². The van der Waals surface area contributed by atoms with Crippen molar-refractivity contribution in [3.05, 3.63) is 125 Å². The molecule has 8 aromatic rings. The maximum absolute atomic E-state index is 12.4. The molecule has 12 heterocycles. The van der Waals surface area contributed by atoms with Crippen molar-refractivity contribution < 1.29 is 33.8 Å². The molecule has 6 aromatic heterocycles. The Morgan fingerprint density at radius 2 is 1.08 bits per heavy atom. The zero-order valence-corrected chi connectivity index (χ0v) is 61.7. The van der Waals surface area contributed by atoms with Crippen molar-refractivity contribution in [3.8, 4) is 11.3 Å². The van der Waals surface area contributed by atoms with E-state index in [0.717, 1.165) is 144 Å². The highest BCUT2D eigenvalue weighted by molar-refractivity contribution is 9.10. The number of aromatic nitrogens is 9. The van der Waals surface area contributed by atoms with E-state index in [1.54, 1.807) is 41.3 Å². The molecule has 14 rings (SSSR count). The summed E-state index contributed by atoms with van der Waals surface area (Å²) in [6.07, 6.45) is 11.4. The third-order valence-corrected chi connectivity index (χ3v) is 23.0. The Labute approximate surface area is 596 Å². The first-order chi connectivity index (χ1) is 45.1. The Morgan fingerprint density at radius 1 is 0.632 bits per heavy atom. The number of piperidine rings is 3. The molecule has 0 aliphatic carbocycles. The summed E-state index contributed by atoms with van der Waals surface area (Å²) in [4.78, 5) is 31.0. The van der Waals surface area contributed by atoms with Crippen LogP contribution in [-0.4, -0.2) is 168 Å². The highest BCUT2D eigenvalue weighted by Crippen LogP contribution is 2.46. The van der Waals surface area contributed by atoms with Crippen LogP contribution in [0.2, 0.25) is 25.2 Å². The van der Waals surface area contributed by atoms with Gasteiger partial charge in [0.15, 0.2) is 16.8 Å². The predicted octanol–water partition coefficient (Wildman–Crippen LogP) is 11.3. The van der Waals surface area contributed by atoms with Crippen molar-refractivity contribution in [1.29, 1.82) is 0 Å². The molecule has 8 N–H and O–H groups in total. The molecule has 6 aliphatic rings. The van der Waals surface area contributed by atoms with Gasteiger partial charge in [-0.15, -0.1) is 0 Å². The van der Waals surface area contributed by atoms with E-state index in [0.29, 0.717) is 32.2 Å². The number of alkyl carbamates (subject to hydrolysis) is 1. The van der Waals surface area contributed by atoms with Crippen LogP contribution in [0.4, 0.5) is 16.4 Å². The van der Waals surface area contributed by atoms with Crippen LogP contribution in [0.15, 0.2) is 82.4 Å². The predicted molar refractivity (Wildman–Crippen MR) is 383 cm³/mol. The van der Waals surface area contributed by atoms with Gasteiger partial charge in [0.2, 0.25) is 0 Å². The molecule has 2 aromatic carbocycles. The number of aryl methyl sites for hydroxylation is 3. The van der Waals surface area contributed by atoms with Crippen molar-refractivity contribution >= 4 is 137 Å². The summed E-state index contributed by atoms with van der Waals surface area (Å²) < 4.78 is 30.2. The van der Waals surface area contributed by atoms with Gasteiger partial charge in [-0.1, -0.05) is 82.3 Å². The van der Waals surface area contributed by atoms with E-state index in [-0.39, 0.29) is 63.8 Å². The van der Waals surface area contributed by atoms with Gasteiger partial charge in [-0.05, 0) is 176 Å². The lowest BCUT2D eigenvalue weighted by molar-refractivity contribution is 0.0434. The number of hydrogen-bond acceptors (Lipinski definition) is 18. The van der Waals surface area contributed by atoms with Gasteiger partial charge in [0.05, 0.1) is 106 Å². The van der Waals surface area contributed by atoms with Crippen molar-refractivity contribution in [3.63, 3.8) is 0 Å². The first kappa shape index (κ1) is 73.1. The summed E-state index contributed by atoms with van der Waals surface area (Å²) in [5.41, 5.74) is 19.7. The number of halogens is 7. The average Bonchev–Trinajstić information content (AvgIpc) is 1.68. The Balaban J connectivity index is 0.000000139. The number of ether oxygens (including phenoxy) is 4. The average molecular weight is 1530 g/mol. The standard InChI is InChI=1S/C22H25Cl2N5O.C21H30BrN5O3.C9H18N2O.C7H5BrClN3.C6H5BCl2O2/c1-13-19(15-4-3-5-16(23)18(15)24)29-17(6-9-26-29)21(27-13)28-10-7-22(8-11-28)12-30-14(2)20(22)25;1-13-17(22)27-15(6-9-23-27)18(24-13)26-10-7-21(8-11-26)12-29-14(2)16(21)25-19(28)30-20(3,4)5;1-7-8(10)9(6-12-7)2-4-11-5-3-9;1-4-6(8)12-5(2-3-10-12)7(9)11-4;8-5-3-1-2-4(6(5)9)7(10)11/h3-6,9,14,20H,7-8,10-12,25H2,1-2H3;6,9,14,16H,7-8,10-12H2,1-5H3,(H,25,28);7-8,11H,2-6,10H2,1H3;2-3H,1H3;1-3,10-11H/t14-,20+;14-,16+;7-,8+;;/m000../s1. The molecule has 0 unspecified atom stereocenters. The fourth-order valence-electron chi connectivity index (χ4n) is 13.7. The molecule has 95 heavy (non-hydrogen) atoms.